The summed E-state index contributed by atoms with van der Waals surface area (Å²) in [5, 5.41) is 9.89. The molecule has 1 spiro atoms. The summed E-state index contributed by atoms with van der Waals surface area (Å²) < 4.78 is 2.29. The second-order valence-electron chi connectivity index (χ2n) is 8.91. The van der Waals surface area contributed by atoms with Crippen molar-refractivity contribution in [2.75, 3.05) is 13.1 Å². The number of nitrogens with one attached hydrogen (secondary N) is 1. The molecule has 1 unspecified atom stereocenters. The fraction of sp³-hybridized carbons (Fsp3) is 0.500. The molecule has 6 heteroatoms. The Morgan fingerprint density at radius 3 is 2.89 bits per heavy atom. The molecule has 2 saturated carbocycles. The Hall–Kier alpha value is -2.63. The number of likely N-dealkylation sites (tertiary alicyclic amines) is 1. The lowest BCUT2D eigenvalue weighted by molar-refractivity contribution is -0.130. The Morgan fingerprint density at radius 2 is 2.11 bits per heavy atom. The van der Waals surface area contributed by atoms with Gasteiger partial charge in [-0.3, -0.25) is 4.79 Å². The van der Waals surface area contributed by atoms with Crippen molar-refractivity contribution in [3.8, 4) is 0 Å². The third-order valence-electron chi connectivity index (χ3n) is 7.22. The van der Waals surface area contributed by atoms with Crippen LogP contribution in [-0.4, -0.2) is 43.6 Å². The van der Waals surface area contributed by atoms with Crippen LogP contribution in [0.3, 0.4) is 0 Å². The zero-order valence-corrected chi connectivity index (χ0v) is 16.0. The molecular weight excluding hydrogens is 350 g/mol. The van der Waals surface area contributed by atoms with Crippen molar-refractivity contribution in [1.29, 1.82) is 0 Å². The highest BCUT2D eigenvalue weighted by atomic mass is 16.2. The van der Waals surface area contributed by atoms with Gasteiger partial charge in [-0.1, -0.05) is 24.6 Å². The summed E-state index contributed by atoms with van der Waals surface area (Å²) in [6.45, 7) is 1.66. The summed E-state index contributed by atoms with van der Waals surface area (Å²) in [6.07, 6.45) is 10.5. The van der Waals surface area contributed by atoms with Gasteiger partial charge in [0, 0.05) is 42.1 Å². The van der Waals surface area contributed by atoms with Gasteiger partial charge in [0.2, 0.25) is 5.91 Å². The number of para-hydroxylation sites is 1. The third-order valence-corrected chi connectivity index (χ3v) is 7.22. The number of carbonyl (C=O) groups excluding carboxylic acids is 1. The average Bonchev–Trinajstić information content (AvgIpc) is 3.11. The lowest BCUT2D eigenvalue weighted by atomic mass is 9.62. The van der Waals surface area contributed by atoms with Crippen LogP contribution < -0.4 is 0 Å². The number of rotatable bonds is 4. The highest BCUT2D eigenvalue weighted by Gasteiger charge is 2.54. The van der Waals surface area contributed by atoms with Gasteiger partial charge in [-0.2, -0.15) is 0 Å². The van der Waals surface area contributed by atoms with Gasteiger partial charge >= 0.3 is 0 Å². The van der Waals surface area contributed by atoms with Crippen molar-refractivity contribution in [3.63, 3.8) is 0 Å². The number of hydrogen-bond donors (Lipinski definition) is 1. The van der Waals surface area contributed by atoms with Crippen molar-refractivity contribution < 1.29 is 4.79 Å². The average molecular weight is 375 g/mol. The molecule has 2 aliphatic carbocycles. The SMILES string of the molecule is O=C(Cc1c[nH]c2ccccc12)N1CC(c2nncn2C2CC2)C2(CCC2)C1. The fourth-order valence-corrected chi connectivity index (χ4v) is 5.34. The Kier molecular flexibility index (Phi) is 3.46. The van der Waals surface area contributed by atoms with Gasteiger partial charge < -0.3 is 14.5 Å². The van der Waals surface area contributed by atoms with Crippen molar-refractivity contribution in [3.05, 3.63) is 48.2 Å². The predicted octanol–water partition coefficient (Wildman–Crippen LogP) is 3.43. The van der Waals surface area contributed by atoms with Gasteiger partial charge in [0.05, 0.1) is 6.42 Å². The molecule has 0 bridgehead atoms. The largest absolute Gasteiger partial charge is 0.361 e. The number of amides is 1. The molecule has 3 heterocycles. The first kappa shape index (κ1) is 16.3. The molecule has 3 aliphatic rings. The number of carbonyl (C=O) groups is 1. The first-order chi connectivity index (χ1) is 13.7. The van der Waals surface area contributed by atoms with Gasteiger partial charge in [0.15, 0.2) is 0 Å². The minimum atomic E-state index is 0.218. The first-order valence-corrected chi connectivity index (χ1v) is 10.5. The quantitative estimate of drug-likeness (QED) is 0.760. The second-order valence-corrected chi connectivity index (χ2v) is 8.91. The highest BCUT2D eigenvalue weighted by Crippen LogP contribution is 2.56. The standard InChI is InChI=1S/C22H25N5O/c28-20(10-15-11-23-19-5-2-1-4-17(15)19)26-12-18(22(13-26)8-3-9-22)21-25-24-14-27(21)16-6-7-16/h1-2,4-5,11,14,16,18,23H,3,6-10,12-13H2. The molecule has 0 radical (unpaired) electrons. The molecule has 1 atom stereocenters. The van der Waals surface area contributed by atoms with E-state index < -0.39 is 0 Å². The van der Waals surface area contributed by atoms with Crippen LogP contribution in [-0.2, 0) is 11.2 Å². The fourth-order valence-electron chi connectivity index (χ4n) is 5.34. The summed E-state index contributed by atoms with van der Waals surface area (Å²) in [5.41, 5.74) is 2.40. The number of fused-ring (bicyclic) bond motifs is 1. The molecule has 6 nitrogen and oxygen atoms in total. The maximum atomic E-state index is 13.2. The van der Waals surface area contributed by atoms with Crippen molar-refractivity contribution in [2.45, 2.75) is 50.5 Å². The third kappa shape index (κ3) is 2.43. The zero-order valence-electron chi connectivity index (χ0n) is 16.0. The molecule has 1 aromatic carbocycles. The molecule has 6 rings (SSSR count). The summed E-state index contributed by atoms with van der Waals surface area (Å²) in [4.78, 5) is 18.6. The summed E-state index contributed by atoms with van der Waals surface area (Å²) >= 11 is 0. The van der Waals surface area contributed by atoms with Crippen molar-refractivity contribution in [1.82, 2.24) is 24.6 Å². The number of H-pyrrole nitrogens is 1. The minimum Gasteiger partial charge on any atom is -0.361 e. The van der Waals surface area contributed by atoms with E-state index in [-0.39, 0.29) is 11.3 Å². The predicted molar refractivity (Wildman–Crippen MR) is 106 cm³/mol. The topological polar surface area (TPSA) is 66.8 Å². The van der Waals surface area contributed by atoms with Crippen molar-refractivity contribution in [2.24, 2.45) is 5.41 Å². The van der Waals surface area contributed by atoms with Crippen LogP contribution in [0.5, 0.6) is 0 Å². The molecule has 1 saturated heterocycles. The Balaban J connectivity index is 1.26. The van der Waals surface area contributed by atoms with Gasteiger partial charge in [0.25, 0.3) is 0 Å². The van der Waals surface area contributed by atoms with E-state index in [9.17, 15) is 4.79 Å². The highest BCUT2D eigenvalue weighted by molar-refractivity contribution is 5.89. The van der Waals surface area contributed by atoms with E-state index in [1.807, 2.05) is 24.7 Å². The monoisotopic (exact) mass is 375 g/mol. The number of hydrogen-bond acceptors (Lipinski definition) is 3. The normalized spacial score (nSPS) is 23.4. The molecule has 144 valence electrons. The maximum absolute atomic E-state index is 13.2. The molecule has 3 fully saturated rings. The van der Waals surface area contributed by atoms with Crippen LogP contribution in [0.1, 0.15) is 55.5 Å². The molecule has 2 aromatic heterocycles. The van der Waals surface area contributed by atoms with E-state index in [2.05, 4.69) is 36.8 Å². The number of nitrogens with zero attached hydrogens (tertiary/aromatic N) is 4. The van der Waals surface area contributed by atoms with E-state index >= 15 is 0 Å². The number of aromatic amines is 1. The summed E-state index contributed by atoms with van der Waals surface area (Å²) in [7, 11) is 0. The van der Waals surface area contributed by atoms with Crippen LogP contribution in [0.4, 0.5) is 0 Å². The van der Waals surface area contributed by atoms with Gasteiger partial charge in [0.1, 0.15) is 12.2 Å². The van der Waals surface area contributed by atoms with Crippen molar-refractivity contribution >= 4 is 16.8 Å². The molecule has 3 aromatic rings. The zero-order chi connectivity index (χ0) is 18.7. The second kappa shape index (κ2) is 5.93. The molecule has 1 aliphatic heterocycles. The van der Waals surface area contributed by atoms with Gasteiger partial charge in [-0.25, -0.2) is 0 Å². The molecule has 1 amide bonds. The van der Waals surface area contributed by atoms with Gasteiger partial charge in [-0.05, 0) is 42.7 Å². The lowest BCUT2D eigenvalue weighted by Crippen LogP contribution is -2.38. The van der Waals surface area contributed by atoms with Crippen LogP contribution in [0.15, 0.2) is 36.8 Å². The van der Waals surface area contributed by atoms with Crippen LogP contribution >= 0.6 is 0 Å². The Morgan fingerprint density at radius 1 is 1.25 bits per heavy atom. The van der Waals surface area contributed by atoms with Crippen LogP contribution in [0.2, 0.25) is 0 Å². The molecule has 1 N–H and O–H groups in total. The van der Waals surface area contributed by atoms with E-state index in [1.54, 1.807) is 0 Å². The lowest BCUT2D eigenvalue weighted by Gasteiger charge is -2.42. The summed E-state index contributed by atoms with van der Waals surface area (Å²) in [6, 6.07) is 8.78. The number of aromatic nitrogens is 4. The summed E-state index contributed by atoms with van der Waals surface area (Å²) in [5.74, 6) is 1.68. The van der Waals surface area contributed by atoms with Gasteiger partial charge in [-0.15, -0.1) is 10.2 Å². The smallest absolute Gasteiger partial charge is 0.227 e. The van der Waals surface area contributed by atoms with Crippen LogP contribution in [0.25, 0.3) is 10.9 Å². The molecule has 28 heavy (non-hydrogen) atoms. The maximum Gasteiger partial charge on any atom is 0.227 e. The van der Waals surface area contributed by atoms with Crippen LogP contribution in [0, 0.1) is 5.41 Å². The molecular formula is C22H25N5O. The van der Waals surface area contributed by atoms with E-state index in [0.29, 0.717) is 18.4 Å². The number of benzene rings is 1. The minimum absolute atomic E-state index is 0.218. The van der Waals surface area contributed by atoms with E-state index in [0.717, 1.165) is 35.4 Å². The van der Waals surface area contributed by atoms with E-state index in [1.165, 1.54) is 32.1 Å². The van der Waals surface area contributed by atoms with E-state index in [4.69, 9.17) is 0 Å². The first-order valence-electron chi connectivity index (χ1n) is 10.5. The Labute approximate surface area is 163 Å². The Bertz CT molecular complexity index is 1040.